The molecule has 0 aliphatic rings. The monoisotopic (exact) mass is 820 g/mol. The lowest BCUT2D eigenvalue weighted by Gasteiger charge is -2.34. The quantitative estimate of drug-likeness (QED) is 0.0201. The van der Waals surface area contributed by atoms with Crippen LogP contribution in [-0.4, -0.2) is 75.5 Å². The number of quaternary nitrogens is 1. The first-order valence-corrected chi connectivity index (χ1v) is 22.5. The number of unbranched alkanes of at least 4 members (excludes halogenated alkanes) is 9. The van der Waals surface area contributed by atoms with Crippen molar-refractivity contribution in [2.75, 3.05) is 41.0 Å². The van der Waals surface area contributed by atoms with Crippen LogP contribution < -0.4 is 5.11 Å². The second-order valence-corrected chi connectivity index (χ2v) is 15.6. The third-order valence-corrected chi connectivity index (χ3v) is 9.25. The molecular formula is C51H81NO7. The van der Waals surface area contributed by atoms with E-state index >= 15 is 0 Å². The zero-order chi connectivity index (χ0) is 43.5. The predicted molar refractivity (Wildman–Crippen MR) is 244 cm³/mol. The molecule has 59 heavy (non-hydrogen) atoms. The molecule has 0 spiro atoms. The molecule has 0 aromatic carbocycles. The lowest BCUT2D eigenvalue weighted by atomic mass is 10.1. The molecule has 0 amide bonds. The van der Waals surface area contributed by atoms with Crippen LogP contribution >= 0.6 is 0 Å². The number of hydrogen-bond acceptors (Lipinski definition) is 7. The van der Waals surface area contributed by atoms with Gasteiger partial charge in [-0.25, -0.2) is 0 Å². The van der Waals surface area contributed by atoms with Gasteiger partial charge in [0, 0.05) is 19.3 Å². The van der Waals surface area contributed by atoms with E-state index in [0.717, 1.165) is 109 Å². The van der Waals surface area contributed by atoms with Crippen molar-refractivity contribution >= 4 is 17.9 Å². The van der Waals surface area contributed by atoms with Crippen LogP contribution in [0.2, 0.25) is 0 Å². The number of ether oxygens (including phenoxy) is 3. The second-order valence-electron chi connectivity index (χ2n) is 15.6. The van der Waals surface area contributed by atoms with E-state index in [1.165, 1.54) is 0 Å². The van der Waals surface area contributed by atoms with E-state index in [0.29, 0.717) is 6.42 Å². The van der Waals surface area contributed by atoms with Crippen LogP contribution in [0, 0.1) is 0 Å². The van der Waals surface area contributed by atoms with Crippen molar-refractivity contribution in [1.29, 1.82) is 0 Å². The van der Waals surface area contributed by atoms with Crippen molar-refractivity contribution in [2.45, 2.75) is 154 Å². The van der Waals surface area contributed by atoms with Crippen molar-refractivity contribution in [2.24, 2.45) is 0 Å². The Morgan fingerprint density at radius 1 is 0.525 bits per heavy atom. The van der Waals surface area contributed by atoms with Gasteiger partial charge in [-0.3, -0.25) is 9.59 Å². The highest BCUT2D eigenvalue weighted by Gasteiger charge is 2.25. The summed E-state index contributed by atoms with van der Waals surface area (Å²) in [6.45, 7) is 4.33. The molecule has 0 heterocycles. The molecule has 0 aliphatic carbocycles. The third kappa shape index (κ3) is 39.2. The molecule has 332 valence electrons. The van der Waals surface area contributed by atoms with Gasteiger partial charge in [0.25, 0.3) is 0 Å². The Labute approximate surface area is 359 Å². The van der Waals surface area contributed by atoms with E-state index in [4.69, 9.17) is 14.2 Å². The predicted octanol–water partition coefficient (Wildman–Crippen LogP) is 11.1. The zero-order valence-electron chi connectivity index (χ0n) is 37.6. The first-order valence-electron chi connectivity index (χ1n) is 22.5. The minimum atomic E-state index is -1.14. The molecule has 0 saturated carbocycles. The van der Waals surface area contributed by atoms with Crippen molar-refractivity contribution in [3.05, 3.63) is 109 Å². The molecule has 0 aliphatic heterocycles. The van der Waals surface area contributed by atoms with Gasteiger partial charge in [0.05, 0.1) is 40.3 Å². The second kappa shape index (κ2) is 40.8. The molecule has 0 N–H and O–H groups in total. The Hall–Kier alpha value is -4.01. The summed E-state index contributed by atoms with van der Waals surface area (Å²) in [6, 6.07) is -0.742. The minimum absolute atomic E-state index is 0.0143. The number of aliphatic carboxylic acids is 1. The number of nitrogens with zero attached hydrogens (tertiary/aromatic N) is 1. The SMILES string of the molecule is CC/C=C/C=C/C=C/C=C/CCCCCCCC(=O)OCC(COCCC(C(=O)[O-])[N+](C)(C)C)OC(=O)CCCCCC/C=C/C/C=C/C/C=C/C/C=C/C/C=C/CC. The lowest BCUT2D eigenvalue weighted by molar-refractivity contribution is -0.889. The highest BCUT2D eigenvalue weighted by Crippen LogP contribution is 2.12. The molecule has 0 radical (unpaired) electrons. The number of likely N-dealkylation sites (N-methyl/N-ethyl adjacent to an activating group) is 1. The van der Waals surface area contributed by atoms with Crippen LogP contribution in [-0.2, 0) is 28.6 Å². The van der Waals surface area contributed by atoms with Gasteiger partial charge in [0.1, 0.15) is 12.6 Å². The van der Waals surface area contributed by atoms with Crippen LogP contribution in [0.25, 0.3) is 0 Å². The standard InChI is InChI=1S/C51H81NO7/c1-6-8-10-12-14-16-18-20-22-23-24-25-26-28-30-32-34-36-38-40-42-50(54)59-47(45-57-44-43-48(51(55)56)52(3,4)5)46-58-49(53)41-39-37-35-33-31-29-27-21-19-17-15-13-11-9-7-2/h8-11,13-17,19-22,24-25,27-28,30,47-48H,6-7,12,18,23,26,29,31-46H2,1-5H3/b10-8+,11-9+,15-13+,16-14+,19-17+,22-20+,25-24+,27-21+,30-28+. The summed E-state index contributed by atoms with van der Waals surface area (Å²) in [5.41, 5.74) is 0. The number of carbonyl (C=O) groups is 3. The van der Waals surface area contributed by atoms with E-state index in [2.05, 4.69) is 92.8 Å². The fourth-order valence-corrected chi connectivity index (χ4v) is 5.81. The van der Waals surface area contributed by atoms with Crippen LogP contribution in [0.5, 0.6) is 0 Å². The van der Waals surface area contributed by atoms with Crippen LogP contribution in [0.15, 0.2) is 109 Å². The van der Waals surface area contributed by atoms with Crippen molar-refractivity contribution in [3.8, 4) is 0 Å². The van der Waals surface area contributed by atoms with Crippen molar-refractivity contribution in [1.82, 2.24) is 0 Å². The van der Waals surface area contributed by atoms with E-state index in [1.54, 1.807) is 21.1 Å². The first-order chi connectivity index (χ1) is 28.6. The zero-order valence-corrected chi connectivity index (χ0v) is 37.6. The average Bonchev–Trinajstić information content (AvgIpc) is 3.19. The summed E-state index contributed by atoms with van der Waals surface area (Å²) < 4.78 is 17.1. The van der Waals surface area contributed by atoms with Crippen molar-refractivity contribution < 1.29 is 38.2 Å². The Morgan fingerprint density at radius 3 is 1.53 bits per heavy atom. The van der Waals surface area contributed by atoms with Crippen molar-refractivity contribution in [3.63, 3.8) is 0 Å². The number of hydrogen-bond donors (Lipinski definition) is 0. The molecule has 0 bridgehead atoms. The largest absolute Gasteiger partial charge is 0.544 e. The highest BCUT2D eigenvalue weighted by molar-refractivity contribution is 5.70. The van der Waals surface area contributed by atoms with E-state index in [9.17, 15) is 19.5 Å². The number of rotatable bonds is 38. The molecule has 0 aromatic heterocycles. The van der Waals surface area contributed by atoms with E-state index in [-0.39, 0.29) is 49.1 Å². The summed E-state index contributed by atoms with van der Waals surface area (Å²) in [5, 5.41) is 11.6. The smallest absolute Gasteiger partial charge is 0.306 e. The van der Waals surface area contributed by atoms with Gasteiger partial charge in [-0.2, -0.15) is 0 Å². The van der Waals surface area contributed by atoms with Gasteiger partial charge in [-0.15, -0.1) is 0 Å². The van der Waals surface area contributed by atoms with Gasteiger partial charge < -0.3 is 28.6 Å². The summed E-state index contributed by atoms with van der Waals surface area (Å²) in [4.78, 5) is 36.9. The molecule has 0 saturated heterocycles. The van der Waals surface area contributed by atoms with Gasteiger partial charge in [0.2, 0.25) is 0 Å². The Morgan fingerprint density at radius 2 is 0.983 bits per heavy atom. The number of allylic oxidation sites excluding steroid dienone is 18. The molecule has 8 nitrogen and oxygen atoms in total. The summed E-state index contributed by atoms with van der Waals surface area (Å²) in [5.74, 6) is -1.82. The number of carbonyl (C=O) groups excluding carboxylic acids is 3. The Balaban J connectivity index is 4.45. The minimum Gasteiger partial charge on any atom is -0.544 e. The Bertz CT molecular complexity index is 1330. The molecular weight excluding hydrogens is 739 g/mol. The molecule has 0 rings (SSSR count). The maximum Gasteiger partial charge on any atom is 0.306 e. The lowest BCUT2D eigenvalue weighted by Crippen LogP contribution is -2.55. The van der Waals surface area contributed by atoms with Crippen LogP contribution in [0.3, 0.4) is 0 Å². The number of carboxylic acids is 1. The summed E-state index contributed by atoms with van der Waals surface area (Å²) in [7, 11) is 5.37. The topological polar surface area (TPSA) is 102 Å². The van der Waals surface area contributed by atoms with Crippen LogP contribution in [0.4, 0.5) is 0 Å². The fourth-order valence-electron chi connectivity index (χ4n) is 5.81. The molecule has 0 aromatic rings. The average molecular weight is 820 g/mol. The summed E-state index contributed by atoms with van der Waals surface area (Å²) in [6.07, 6.45) is 55.4. The number of carboxylic acid groups (broad SMARTS) is 1. The molecule has 2 atom stereocenters. The van der Waals surface area contributed by atoms with Crippen LogP contribution in [0.1, 0.15) is 142 Å². The number of esters is 2. The van der Waals surface area contributed by atoms with Gasteiger partial charge in [-0.1, -0.05) is 155 Å². The first kappa shape index (κ1) is 55.0. The third-order valence-electron chi connectivity index (χ3n) is 9.25. The molecule has 8 heteroatoms. The molecule has 0 fully saturated rings. The maximum atomic E-state index is 12.7. The van der Waals surface area contributed by atoms with Gasteiger partial charge >= 0.3 is 11.9 Å². The highest BCUT2D eigenvalue weighted by atomic mass is 16.6. The van der Waals surface area contributed by atoms with Gasteiger partial charge in [0.15, 0.2) is 6.10 Å². The van der Waals surface area contributed by atoms with Gasteiger partial charge in [-0.05, 0) is 77.0 Å². The molecule has 2 unspecified atom stereocenters. The maximum absolute atomic E-state index is 12.7. The van der Waals surface area contributed by atoms with E-state index in [1.807, 2.05) is 30.4 Å². The Kier molecular flexibility index (Phi) is 38.0. The fraction of sp³-hybridized carbons (Fsp3) is 0.588. The van der Waals surface area contributed by atoms with E-state index < -0.39 is 18.1 Å². The summed E-state index contributed by atoms with van der Waals surface area (Å²) >= 11 is 0. The normalized spacial score (nSPS) is 14.0.